The molecule has 1 N–H and O–H groups in total. The van der Waals surface area contributed by atoms with Crippen molar-refractivity contribution in [2.24, 2.45) is 0 Å². The van der Waals surface area contributed by atoms with Crippen LogP contribution in [0.2, 0.25) is 0 Å². The highest BCUT2D eigenvalue weighted by atomic mass is 16.6. The Balaban J connectivity index is 2.03. The molecule has 0 aliphatic carbocycles. The Hall–Kier alpha value is -3.68. The Morgan fingerprint density at radius 3 is 2.45 bits per heavy atom. The minimum absolute atomic E-state index is 0.0384. The summed E-state index contributed by atoms with van der Waals surface area (Å²) < 4.78 is 10.4. The van der Waals surface area contributed by atoms with E-state index in [1.54, 1.807) is 0 Å². The van der Waals surface area contributed by atoms with Crippen molar-refractivity contribution in [3.8, 4) is 0 Å². The van der Waals surface area contributed by atoms with E-state index in [2.05, 4.69) is 10.1 Å². The number of non-ortho nitro benzene ring substituents is 1. The van der Waals surface area contributed by atoms with Crippen LogP contribution in [0.4, 0.5) is 11.4 Å². The maximum absolute atomic E-state index is 12.9. The standard InChI is InChI=1S/C21H20N2O6/c1-5-16-17-6-11(2)12(3)7-18(17)29-19(16)20(24)22-14-8-13(21(25)28-4)9-15(10-14)23(26)27/h6-10H,5H2,1-4H3,(H,22,24). The molecule has 1 aromatic heterocycles. The summed E-state index contributed by atoms with van der Waals surface area (Å²) >= 11 is 0. The molecule has 0 saturated carbocycles. The number of ether oxygens (including phenoxy) is 1. The molecular formula is C21H20N2O6. The van der Waals surface area contributed by atoms with E-state index in [4.69, 9.17) is 4.42 Å². The van der Waals surface area contributed by atoms with Gasteiger partial charge < -0.3 is 14.5 Å². The lowest BCUT2D eigenvalue weighted by Crippen LogP contribution is -2.14. The molecule has 0 radical (unpaired) electrons. The normalized spacial score (nSPS) is 10.8. The monoisotopic (exact) mass is 396 g/mol. The van der Waals surface area contributed by atoms with Crippen molar-refractivity contribution in [1.82, 2.24) is 0 Å². The molecule has 1 heterocycles. The van der Waals surface area contributed by atoms with Gasteiger partial charge in [-0.2, -0.15) is 0 Å². The number of nitrogens with one attached hydrogen (secondary N) is 1. The molecule has 0 saturated heterocycles. The summed E-state index contributed by atoms with van der Waals surface area (Å²) in [6.07, 6.45) is 0.570. The Bertz CT molecular complexity index is 1150. The molecular weight excluding hydrogens is 376 g/mol. The maximum atomic E-state index is 12.9. The number of aryl methyl sites for hydroxylation is 3. The van der Waals surface area contributed by atoms with Gasteiger partial charge in [-0.25, -0.2) is 4.79 Å². The lowest BCUT2D eigenvalue weighted by Gasteiger charge is -2.07. The van der Waals surface area contributed by atoms with Crippen molar-refractivity contribution < 1.29 is 23.7 Å². The minimum Gasteiger partial charge on any atom is -0.465 e. The zero-order chi connectivity index (χ0) is 21.3. The molecule has 8 heteroatoms. The number of furan rings is 1. The number of nitro groups is 1. The van der Waals surface area contributed by atoms with Gasteiger partial charge in [-0.05, 0) is 49.6 Å². The minimum atomic E-state index is -0.742. The number of hydrogen-bond donors (Lipinski definition) is 1. The smallest absolute Gasteiger partial charge is 0.338 e. The molecule has 0 bridgehead atoms. The van der Waals surface area contributed by atoms with Crippen molar-refractivity contribution >= 4 is 34.2 Å². The number of nitro benzene ring substituents is 1. The molecule has 3 rings (SSSR count). The molecule has 8 nitrogen and oxygen atoms in total. The topological polar surface area (TPSA) is 112 Å². The van der Waals surface area contributed by atoms with E-state index in [-0.39, 0.29) is 22.7 Å². The molecule has 0 atom stereocenters. The second kappa shape index (κ2) is 7.75. The van der Waals surface area contributed by atoms with Crippen LogP contribution in [0.3, 0.4) is 0 Å². The largest absolute Gasteiger partial charge is 0.465 e. The Morgan fingerprint density at radius 2 is 1.83 bits per heavy atom. The number of carbonyl (C=O) groups is 2. The van der Waals surface area contributed by atoms with Crippen LogP contribution in [-0.4, -0.2) is 23.9 Å². The second-order valence-electron chi connectivity index (χ2n) is 6.67. The Labute approximate surface area is 166 Å². The first-order valence-corrected chi connectivity index (χ1v) is 8.97. The molecule has 1 amide bonds. The summed E-state index contributed by atoms with van der Waals surface area (Å²) in [6.45, 7) is 5.86. The van der Waals surface area contributed by atoms with Crippen molar-refractivity contribution in [2.75, 3.05) is 12.4 Å². The molecule has 0 aliphatic rings. The number of methoxy groups -OCH3 is 1. The van der Waals surface area contributed by atoms with Crippen molar-refractivity contribution in [1.29, 1.82) is 0 Å². The average molecular weight is 396 g/mol. The maximum Gasteiger partial charge on any atom is 0.338 e. The quantitative estimate of drug-likeness (QED) is 0.384. The Kier molecular flexibility index (Phi) is 5.36. The summed E-state index contributed by atoms with van der Waals surface area (Å²) in [4.78, 5) is 35.2. The van der Waals surface area contributed by atoms with Gasteiger partial charge in [-0.15, -0.1) is 0 Å². The summed E-state index contributed by atoms with van der Waals surface area (Å²) in [5, 5.41) is 14.6. The van der Waals surface area contributed by atoms with Gasteiger partial charge in [0.15, 0.2) is 5.76 Å². The number of rotatable bonds is 5. The highest BCUT2D eigenvalue weighted by Gasteiger charge is 2.22. The van der Waals surface area contributed by atoms with Gasteiger partial charge >= 0.3 is 5.97 Å². The molecule has 0 unspecified atom stereocenters. The van der Waals surface area contributed by atoms with Crippen molar-refractivity contribution in [2.45, 2.75) is 27.2 Å². The summed E-state index contributed by atoms with van der Waals surface area (Å²) in [5.41, 5.74) is 3.20. The van der Waals surface area contributed by atoms with Crippen LogP contribution in [0.5, 0.6) is 0 Å². The third kappa shape index (κ3) is 3.82. The van der Waals surface area contributed by atoms with Gasteiger partial charge in [-0.3, -0.25) is 14.9 Å². The predicted molar refractivity (Wildman–Crippen MR) is 107 cm³/mol. The van der Waals surface area contributed by atoms with Crippen LogP contribution < -0.4 is 5.32 Å². The van der Waals surface area contributed by atoms with Crippen LogP contribution in [0, 0.1) is 24.0 Å². The first-order valence-electron chi connectivity index (χ1n) is 8.97. The van der Waals surface area contributed by atoms with E-state index in [9.17, 15) is 19.7 Å². The summed E-state index contributed by atoms with van der Waals surface area (Å²) in [7, 11) is 1.17. The molecule has 0 aliphatic heterocycles. The molecule has 29 heavy (non-hydrogen) atoms. The fourth-order valence-electron chi connectivity index (χ4n) is 3.15. The van der Waals surface area contributed by atoms with E-state index in [1.165, 1.54) is 19.2 Å². The number of amides is 1. The molecule has 0 spiro atoms. The molecule has 0 fully saturated rings. The second-order valence-corrected chi connectivity index (χ2v) is 6.67. The Morgan fingerprint density at radius 1 is 1.14 bits per heavy atom. The van der Waals surface area contributed by atoms with Gasteiger partial charge in [-0.1, -0.05) is 6.92 Å². The van der Waals surface area contributed by atoms with E-state index in [1.807, 2.05) is 32.9 Å². The third-order valence-corrected chi connectivity index (χ3v) is 4.77. The highest BCUT2D eigenvalue weighted by Crippen LogP contribution is 2.30. The first-order chi connectivity index (χ1) is 13.7. The van der Waals surface area contributed by atoms with Gasteiger partial charge in [0.2, 0.25) is 0 Å². The van der Waals surface area contributed by atoms with E-state index in [0.717, 1.165) is 28.1 Å². The number of benzene rings is 2. The summed E-state index contributed by atoms with van der Waals surface area (Å²) in [5.74, 6) is -1.16. The van der Waals surface area contributed by atoms with Crippen LogP contribution in [0.15, 0.2) is 34.7 Å². The lowest BCUT2D eigenvalue weighted by molar-refractivity contribution is -0.384. The van der Waals surface area contributed by atoms with Crippen LogP contribution in [0.25, 0.3) is 11.0 Å². The van der Waals surface area contributed by atoms with Crippen LogP contribution in [0.1, 0.15) is 44.5 Å². The molecule has 2 aromatic carbocycles. The third-order valence-electron chi connectivity index (χ3n) is 4.77. The first kappa shape index (κ1) is 20.1. The fourth-order valence-corrected chi connectivity index (χ4v) is 3.15. The van der Waals surface area contributed by atoms with E-state index >= 15 is 0 Å². The fraction of sp³-hybridized carbons (Fsp3) is 0.238. The molecule has 150 valence electrons. The van der Waals surface area contributed by atoms with Crippen molar-refractivity contribution in [3.63, 3.8) is 0 Å². The SMILES string of the molecule is CCc1c(C(=O)Nc2cc(C(=O)OC)cc([N+](=O)[O-])c2)oc2cc(C)c(C)cc12. The zero-order valence-corrected chi connectivity index (χ0v) is 16.5. The average Bonchev–Trinajstić information content (AvgIpc) is 3.04. The van der Waals surface area contributed by atoms with E-state index < -0.39 is 16.8 Å². The number of hydrogen-bond acceptors (Lipinski definition) is 6. The van der Waals surface area contributed by atoms with Crippen LogP contribution >= 0.6 is 0 Å². The predicted octanol–water partition coefficient (Wildman–Crippen LogP) is 4.56. The van der Waals surface area contributed by atoms with Crippen LogP contribution in [-0.2, 0) is 11.2 Å². The number of nitrogens with zero attached hydrogens (tertiary/aromatic N) is 1. The lowest BCUT2D eigenvalue weighted by atomic mass is 10.0. The highest BCUT2D eigenvalue weighted by molar-refractivity contribution is 6.07. The van der Waals surface area contributed by atoms with Gasteiger partial charge in [0, 0.05) is 28.8 Å². The van der Waals surface area contributed by atoms with Gasteiger partial charge in [0.25, 0.3) is 11.6 Å². The molecule has 3 aromatic rings. The zero-order valence-electron chi connectivity index (χ0n) is 16.5. The van der Waals surface area contributed by atoms with E-state index in [0.29, 0.717) is 12.0 Å². The number of esters is 1. The van der Waals surface area contributed by atoms with Crippen molar-refractivity contribution in [3.05, 3.63) is 68.5 Å². The number of anilines is 1. The summed E-state index contributed by atoms with van der Waals surface area (Å²) in [6, 6.07) is 7.44. The number of carbonyl (C=O) groups excluding carboxylic acids is 2. The van der Waals surface area contributed by atoms with Gasteiger partial charge in [0.05, 0.1) is 17.6 Å². The number of fused-ring (bicyclic) bond motifs is 1. The van der Waals surface area contributed by atoms with Gasteiger partial charge in [0.1, 0.15) is 5.58 Å².